The summed E-state index contributed by atoms with van der Waals surface area (Å²) in [6.07, 6.45) is 8.48. The first-order chi connectivity index (χ1) is 6.29. The Kier molecular flexibility index (Phi) is 3.50. The maximum Gasteiger partial charge on any atom is 0.338 e. The maximum atomic E-state index is 11.2. The van der Waals surface area contributed by atoms with Crippen LogP contribution in [0.1, 0.15) is 20.3 Å². The molecular formula is C11H14O2. The fourth-order valence-electron chi connectivity index (χ4n) is 1.23. The summed E-state index contributed by atoms with van der Waals surface area (Å²) >= 11 is 0. The van der Waals surface area contributed by atoms with Gasteiger partial charge in [-0.05, 0) is 25.8 Å². The molecule has 0 atom stereocenters. The first-order valence-electron chi connectivity index (χ1n) is 4.42. The van der Waals surface area contributed by atoms with E-state index in [0.29, 0.717) is 6.61 Å². The third kappa shape index (κ3) is 2.31. The standard InChI is InChI=1S/C11H14O2/c1-3-5-7-9-8-13-11(12)10(9)6-4-2/h3-6H,7-8H2,1-2H3/b5-3+,6-4?. The van der Waals surface area contributed by atoms with Crippen molar-refractivity contribution in [2.24, 2.45) is 0 Å². The fraction of sp³-hybridized carbons (Fsp3) is 0.364. The quantitative estimate of drug-likeness (QED) is 0.490. The molecule has 0 aromatic heterocycles. The molecule has 1 aliphatic heterocycles. The van der Waals surface area contributed by atoms with E-state index < -0.39 is 0 Å². The highest BCUT2D eigenvalue weighted by Gasteiger charge is 2.20. The number of cyclic esters (lactones) is 1. The van der Waals surface area contributed by atoms with Gasteiger partial charge in [-0.3, -0.25) is 0 Å². The second-order valence-corrected chi connectivity index (χ2v) is 2.87. The SMILES string of the molecule is CC=CC1=C(C/C=C/C)COC1=O. The van der Waals surface area contributed by atoms with Crippen LogP contribution < -0.4 is 0 Å². The Labute approximate surface area is 78.6 Å². The van der Waals surface area contributed by atoms with Gasteiger partial charge in [0, 0.05) is 0 Å². The molecule has 2 nitrogen and oxygen atoms in total. The average molecular weight is 178 g/mol. The van der Waals surface area contributed by atoms with E-state index in [2.05, 4.69) is 0 Å². The third-order valence-electron chi connectivity index (χ3n) is 1.91. The topological polar surface area (TPSA) is 26.3 Å². The first kappa shape index (κ1) is 9.78. The van der Waals surface area contributed by atoms with Gasteiger partial charge in [0.2, 0.25) is 0 Å². The smallest absolute Gasteiger partial charge is 0.338 e. The van der Waals surface area contributed by atoms with Gasteiger partial charge >= 0.3 is 5.97 Å². The molecule has 0 unspecified atom stereocenters. The molecule has 0 bridgehead atoms. The van der Waals surface area contributed by atoms with Gasteiger partial charge in [-0.1, -0.05) is 24.3 Å². The monoisotopic (exact) mass is 178 g/mol. The lowest BCUT2D eigenvalue weighted by molar-refractivity contribution is -0.135. The Hall–Kier alpha value is -1.31. The van der Waals surface area contributed by atoms with E-state index >= 15 is 0 Å². The second kappa shape index (κ2) is 4.65. The van der Waals surface area contributed by atoms with Gasteiger partial charge in [-0.25, -0.2) is 4.79 Å². The van der Waals surface area contributed by atoms with Crippen molar-refractivity contribution in [1.29, 1.82) is 0 Å². The Bertz CT molecular complexity index is 282. The second-order valence-electron chi connectivity index (χ2n) is 2.87. The highest BCUT2D eigenvalue weighted by atomic mass is 16.5. The predicted molar refractivity (Wildman–Crippen MR) is 52.2 cm³/mol. The molecule has 13 heavy (non-hydrogen) atoms. The molecule has 1 aliphatic rings. The summed E-state index contributed by atoms with van der Waals surface area (Å²) in [5, 5.41) is 0. The molecule has 0 saturated heterocycles. The van der Waals surface area contributed by atoms with E-state index in [0.717, 1.165) is 17.6 Å². The van der Waals surface area contributed by atoms with Gasteiger partial charge in [0.1, 0.15) is 6.61 Å². The fourth-order valence-corrected chi connectivity index (χ4v) is 1.23. The van der Waals surface area contributed by atoms with Crippen LogP contribution in [0, 0.1) is 0 Å². The van der Waals surface area contributed by atoms with Crippen LogP contribution in [0.5, 0.6) is 0 Å². The molecular weight excluding hydrogens is 164 g/mol. The van der Waals surface area contributed by atoms with Crippen molar-refractivity contribution < 1.29 is 9.53 Å². The average Bonchev–Trinajstić information content (AvgIpc) is 2.46. The number of esters is 1. The van der Waals surface area contributed by atoms with E-state index in [4.69, 9.17) is 4.74 Å². The molecule has 0 spiro atoms. The van der Waals surface area contributed by atoms with Crippen molar-refractivity contribution in [1.82, 2.24) is 0 Å². The van der Waals surface area contributed by atoms with Crippen molar-refractivity contribution in [3.8, 4) is 0 Å². The number of hydrogen-bond acceptors (Lipinski definition) is 2. The summed E-state index contributed by atoms with van der Waals surface area (Å²) in [7, 11) is 0. The predicted octanol–water partition coefficient (Wildman–Crippen LogP) is 2.38. The Morgan fingerprint density at radius 1 is 1.38 bits per heavy atom. The van der Waals surface area contributed by atoms with Crippen molar-refractivity contribution in [3.05, 3.63) is 35.5 Å². The minimum absolute atomic E-state index is 0.197. The molecule has 0 N–H and O–H groups in total. The van der Waals surface area contributed by atoms with Crippen LogP contribution in [0.15, 0.2) is 35.5 Å². The summed E-state index contributed by atoms with van der Waals surface area (Å²) in [6.45, 7) is 4.31. The lowest BCUT2D eigenvalue weighted by Gasteiger charge is -1.93. The number of carbonyl (C=O) groups is 1. The van der Waals surface area contributed by atoms with Crippen molar-refractivity contribution in [2.45, 2.75) is 20.3 Å². The van der Waals surface area contributed by atoms with Gasteiger partial charge < -0.3 is 4.74 Å². The van der Waals surface area contributed by atoms with Crippen LogP contribution in [-0.4, -0.2) is 12.6 Å². The molecule has 1 rings (SSSR count). The molecule has 0 fully saturated rings. The molecule has 70 valence electrons. The van der Waals surface area contributed by atoms with Crippen molar-refractivity contribution >= 4 is 5.97 Å². The van der Waals surface area contributed by atoms with Gasteiger partial charge in [0.05, 0.1) is 5.57 Å². The summed E-state index contributed by atoms with van der Waals surface area (Å²) in [4.78, 5) is 11.2. The third-order valence-corrected chi connectivity index (χ3v) is 1.91. The molecule has 0 aromatic rings. The van der Waals surface area contributed by atoms with Crippen LogP contribution >= 0.6 is 0 Å². The van der Waals surface area contributed by atoms with E-state index in [1.54, 1.807) is 0 Å². The van der Waals surface area contributed by atoms with Gasteiger partial charge in [0.25, 0.3) is 0 Å². The molecule has 0 aromatic carbocycles. The molecule has 0 amide bonds. The molecule has 0 aliphatic carbocycles. The molecule has 1 heterocycles. The van der Waals surface area contributed by atoms with E-state index in [1.807, 2.05) is 38.2 Å². The minimum atomic E-state index is -0.197. The summed E-state index contributed by atoms with van der Waals surface area (Å²) in [5.41, 5.74) is 1.79. The highest BCUT2D eigenvalue weighted by molar-refractivity contribution is 5.94. The van der Waals surface area contributed by atoms with Crippen molar-refractivity contribution in [2.75, 3.05) is 6.61 Å². The zero-order valence-corrected chi connectivity index (χ0v) is 8.04. The number of hydrogen-bond donors (Lipinski definition) is 0. The van der Waals surface area contributed by atoms with Crippen molar-refractivity contribution in [3.63, 3.8) is 0 Å². The van der Waals surface area contributed by atoms with Crippen LogP contribution in [0.4, 0.5) is 0 Å². The summed E-state index contributed by atoms with van der Waals surface area (Å²) in [6, 6.07) is 0. The highest BCUT2D eigenvalue weighted by Crippen LogP contribution is 2.20. The molecule has 0 saturated carbocycles. The lowest BCUT2D eigenvalue weighted by atomic mass is 10.1. The lowest BCUT2D eigenvalue weighted by Crippen LogP contribution is -1.96. The number of rotatable bonds is 3. The minimum Gasteiger partial charge on any atom is -0.458 e. The van der Waals surface area contributed by atoms with E-state index in [9.17, 15) is 4.79 Å². The first-order valence-corrected chi connectivity index (χ1v) is 4.42. The van der Waals surface area contributed by atoms with Crippen LogP contribution in [0.3, 0.4) is 0 Å². The Morgan fingerprint density at radius 2 is 2.15 bits per heavy atom. The van der Waals surface area contributed by atoms with Crippen LogP contribution in [0.25, 0.3) is 0 Å². The Balaban J connectivity index is 2.82. The summed E-state index contributed by atoms with van der Waals surface area (Å²) in [5.74, 6) is -0.197. The largest absolute Gasteiger partial charge is 0.458 e. The molecule has 2 heteroatoms. The van der Waals surface area contributed by atoms with Gasteiger partial charge in [0.15, 0.2) is 0 Å². The zero-order chi connectivity index (χ0) is 9.68. The molecule has 0 radical (unpaired) electrons. The summed E-state index contributed by atoms with van der Waals surface area (Å²) < 4.78 is 4.93. The number of allylic oxidation sites excluding steroid dienone is 3. The van der Waals surface area contributed by atoms with Crippen LogP contribution in [0.2, 0.25) is 0 Å². The van der Waals surface area contributed by atoms with Gasteiger partial charge in [-0.15, -0.1) is 0 Å². The normalized spacial score (nSPS) is 17.8. The maximum absolute atomic E-state index is 11.2. The van der Waals surface area contributed by atoms with Gasteiger partial charge in [-0.2, -0.15) is 0 Å². The number of ether oxygens (including phenoxy) is 1. The zero-order valence-electron chi connectivity index (χ0n) is 8.04. The van der Waals surface area contributed by atoms with E-state index in [-0.39, 0.29) is 5.97 Å². The Morgan fingerprint density at radius 3 is 2.77 bits per heavy atom. The van der Waals surface area contributed by atoms with Crippen LogP contribution in [-0.2, 0) is 9.53 Å². The number of carbonyl (C=O) groups excluding carboxylic acids is 1. The van der Waals surface area contributed by atoms with E-state index in [1.165, 1.54) is 0 Å².